The van der Waals surface area contributed by atoms with E-state index in [0.29, 0.717) is 24.2 Å². The van der Waals surface area contributed by atoms with Gasteiger partial charge in [0.15, 0.2) is 0 Å². The van der Waals surface area contributed by atoms with E-state index in [1.807, 2.05) is 0 Å². The maximum absolute atomic E-state index is 2.82. The number of benzene rings is 18. The lowest BCUT2D eigenvalue weighted by Gasteiger charge is -2.25. The molecule has 0 radical (unpaired) electrons. The van der Waals surface area contributed by atoms with Crippen molar-refractivity contribution in [1.82, 2.24) is 35.9 Å². The van der Waals surface area contributed by atoms with E-state index in [0.717, 1.165) is 0 Å². The van der Waals surface area contributed by atoms with Gasteiger partial charge >= 0.3 is 0 Å². The van der Waals surface area contributed by atoms with Gasteiger partial charge in [-0.3, -0.25) is 0 Å². The number of para-hydroxylation sites is 8. The normalized spacial score (nSPS) is 15.9. The first-order valence-corrected chi connectivity index (χ1v) is 51.4. The number of nitrogens with zero attached hydrogens (tertiary/aromatic N) is 8. The third-order valence-corrected chi connectivity index (χ3v) is 35.4. The summed E-state index contributed by atoms with van der Waals surface area (Å²) in [7, 11) is 0. The fourth-order valence-corrected chi connectivity index (χ4v) is 30.2. The first-order valence-electron chi connectivity index (χ1n) is 51.4. The Balaban J connectivity index is 0.648. The zero-order valence-corrected chi connectivity index (χ0v) is 76.8. The van der Waals surface area contributed by atoms with E-state index in [1.54, 1.807) is 0 Å². The summed E-state index contributed by atoms with van der Waals surface area (Å²) in [5.74, 6) is 0. The zero-order valence-electron chi connectivity index (χ0n) is 76.8. The van der Waals surface area contributed by atoms with Crippen molar-refractivity contribution in [3.63, 3.8) is 0 Å². The highest BCUT2D eigenvalue weighted by Crippen LogP contribution is 2.61. The molecule has 8 nitrogen and oxygen atoms in total. The molecule has 0 saturated heterocycles. The van der Waals surface area contributed by atoms with E-state index in [9.17, 15) is 0 Å². The van der Waals surface area contributed by atoms with Gasteiger partial charge in [0, 0.05) is 198 Å². The Morgan fingerprint density at radius 2 is 0.333 bits per heavy atom. The molecule has 12 aromatic heterocycles. The van der Waals surface area contributed by atoms with Gasteiger partial charge in [0.1, 0.15) is 0 Å². The molecule has 4 saturated carbocycles. The predicted molar refractivity (Wildman–Crippen MR) is 584 cm³/mol. The summed E-state index contributed by atoms with van der Waals surface area (Å²) >= 11 is 0. The van der Waals surface area contributed by atoms with Gasteiger partial charge in [-0.1, -0.05) is 343 Å². The highest BCUT2D eigenvalue weighted by molar-refractivity contribution is 6.44. The molecule has 12 heterocycles. The Morgan fingerprint density at radius 1 is 0.130 bits per heavy atom. The molecular weight excluding hydrogens is 1670 g/mol. The van der Waals surface area contributed by atoms with E-state index in [1.165, 1.54) is 411 Å². The molecule has 30 aromatic rings. The van der Waals surface area contributed by atoms with E-state index in [2.05, 4.69) is 363 Å². The van der Waals surface area contributed by atoms with E-state index in [-0.39, 0.29) is 0 Å². The second kappa shape index (κ2) is 27.2. The van der Waals surface area contributed by atoms with Gasteiger partial charge in [-0.2, -0.15) is 0 Å². The highest BCUT2D eigenvalue weighted by Gasteiger charge is 2.39. The molecule has 0 spiro atoms. The Kier molecular flexibility index (Phi) is 14.7. The van der Waals surface area contributed by atoms with Crippen LogP contribution in [0.3, 0.4) is 0 Å². The van der Waals surface area contributed by atoms with Crippen LogP contribution in [0.1, 0.15) is 140 Å². The van der Waals surface area contributed by atoms with Crippen LogP contribution < -0.4 is 0 Å². The van der Waals surface area contributed by atoms with Crippen molar-refractivity contribution in [2.75, 3.05) is 0 Å². The second-order valence-corrected chi connectivity index (χ2v) is 41.9. The Hall–Kier alpha value is -15.6. The lowest BCUT2D eigenvalue weighted by Crippen LogP contribution is -2.12. The van der Waals surface area contributed by atoms with Crippen LogP contribution in [0.5, 0.6) is 0 Å². The Bertz CT molecular complexity index is 10500. The Morgan fingerprint density at radius 3 is 0.587 bits per heavy atom. The van der Waals surface area contributed by atoms with E-state index >= 15 is 0 Å². The third kappa shape index (κ3) is 9.26. The molecule has 0 bridgehead atoms. The fraction of sp³-hybridized carbons (Fsp3) is 0.169. The van der Waals surface area contributed by atoms with Gasteiger partial charge in [-0.05, 0) is 133 Å². The molecule has 18 aromatic carbocycles. The van der Waals surface area contributed by atoms with Crippen molar-refractivity contribution in [2.24, 2.45) is 0 Å². The predicted octanol–water partition coefficient (Wildman–Crippen LogP) is 36.3. The average molecular weight is 1770 g/mol. The van der Waals surface area contributed by atoms with Crippen LogP contribution in [-0.2, 0) is 0 Å². The smallest absolute Gasteiger partial charge is 0.0634 e. The zero-order chi connectivity index (χ0) is 89.0. The van der Waals surface area contributed by atoms with Gasteiger partial charge in [-0.15, -0.1) is 0 Å². The summed E-state index contributed by atoms with van der Waals surface area (Å²) in [4.78, 5) is 0. The maximum atomic E-state index is 2.82. The van der Waals surface area contributed by atoms with E-state index < -0.39 is 0 Å². The van der Waals surface area contributed by atoms with Gasteiger partial charge in [0.25, 0.3) is 0 Å². The van der Waals surface area contributed by atoms with Crippen LogP contribution >= 0.6 is 0 Å². The standard InChI is InChI=1S/C130H94N8/c1-5-29-75(30-6-1)107-115-95-49-25-45-91-113-105(71-67-88-84-42-18-22-54-100(84)132(124(88)113)80-35-11-4-12-36-80)137(119(91)95)129(115)109(117-97-51-27-47-93-111-103(135(121(93)97)127(107)117)69-65-87-83-41-17-21-53-99(83)131(123(87)111)79-33-9-3-10-34-79)77-61-57-73(58-62-77)74-59-63-78(64-60-74)110-118-98-52-28-48-94-112-104(70-66-89-85-43-19-23-55-101(85)133(125(89)112)81-37-13-14-38-81)136(122(94)98)128(118)108(76-31-7-2-8-32-76)116-96-50-26-46-92-114-106(138(120(92)96)130(110)116)72-68-90-86-44-20-24-56-102(86)134(126(90)114)82-39-15-16-40-82/h1-2,5-8,17-32,41-72,79-82H,3-4,9-16,33-40H2. The number of hydrogen-bond acceptors (Lipinski definition) is 0. The minimum Gasteiger partial charge on any atom is -0.337 e. The molecule has 0 aliphatic heterocycles. The third-order valence-electron chi connectivity index (χ3n) is 35.4. The molecule has 654 valence electrons. The van der Waals surface area contributed by atoms with Crippen LogP contribution in [0.2, 0.25) is 0 Å². The van der Waals surface area contributed by atoms with Crippen LogP contribution in [0.4, 0.5) is 0 Å². The summed E-state index contributed by atoms with van der Waals surface area (Å²) in [6, 6.07) is 131. The summed E-state index contributed by atoms with van der Waals surface area (Å²) in [6.45, 7) is 0. The van der Waals surface area contributed by atoms with Crippen molar-refractivity contribution in [3.8, 4) is 55.6 Å². The first-order chi connectivity index (χ1) is 68.6. The fourth-order valence-electron chi connectivity index (χ4n) is 30.2. The van der Waals surface area contributed by atoms with Crippen molar-refractivity contribution in [3.05, 3.63) is 328 Å². The average Bonchev–Trinajstić information content (AvgIpc) is 1.49. The molecule has 4 fully saturated rings. The van der Waals surface area contributed by atoms with Gasteiger partial charge in [0.05, 0.1) is 88.3 Å². The van der Waals surface area contributed by atoms with Crippen LogP contribution in [0.25, 0.3) is 295 Å². The quantitative estimate of drug-likeness (QED) is 0.138. The Labute approximate surface area is 792 Å². The second-order valence-electron chi connectivity index (χ2n) is 41.9. The lowest BCUT2D eigenvalue weighted by atomic mass is 9.88. The van der Waals surface area contributed by atoms with Crippen molar-refractivity contribution >= 4 is 240 Å². The van der Waals surface area contributed by atoms with Crippen molar-refractivity contribution in [2.45, 2.75) is 140 Å². The molecule has 4 aliphatic rings. The molecule has 0 atom stereocenters. The summed E-state index contributed by atoms with van der Waals surface area (Å²) < 4.78 is 22.3. The molecule has 0 N–H and O–H groups in total. The topological polar surface area (TPSA) is 37.4 Å². The summed E-state index contributed by atoms with van der Waals surface area (Å²) in [5, 5.41) is 31.9. The summed E-state index contributed by atoms with van der Waals surface area (Å²) in [6.07, 6.45) is 22.2. The number of aromatic nitrogens is 8. The van der Waals surface area contributed by atoms with Gasteiger partial charge in [0.2, 0.25) is 0 Å². The minimum absolute atomic E-state index is 0.418. The first kappa shape index (κ1) is 74.7. The van der Waals surface area contributed by atoms with Crippen LogP contribution in [-0.4, -0.2) is 35.9 Å². The molecule has 8 heteroatoms. The maximum Gasteiger partial charge on any atom is 0.0634 e. The molecule has 138 heavy (non-hydrogen) atoms. The largest absolute Gasteiger partial charge is 0.337 e. The SMILES string of the molecule is c1ccc(-c2c3c4cccc5c6c7c(ccc6n(c3c(-c3ccc(-c6ccc(-c8c9c%10cccc%11c%12c%13c(ccc%12n(c9c(-c9ccccc9)c9c%12cccc%14c%15c%16c(ccc%15n(c89)c%12%14)c8ccccc8n%16C8CCCC8)c%10%11)c8ccccc8n%13C8CCCC8)cc6)cc3)c3c6cccc8c9c%10c(ccc9n(c23)c68)c2ccccc2n%10C2CCCCC2)c45)c2ccccc2n7C2CCCCC2)cc1. The van der Waals surface area contributed by atoms with Crippen molar-refractivity contribution < 1.29 is 0 Å². The molecule has 34 rings (SSSR count). The number of fused-ring (bicyclic) bond motifs is 40. The van der Waals surface area contributed by atoms with E-state index in [4.69, 9.17) is 0 Å². The van der Waals surface area contributed by atoms with Crippen molar-refractivity contribution in [1.29, 1.82) is 0 Å². The minimum atomic E-state index is 0.418. The lowest BCUT2D eigenvalue weighted by molar-refractivity contribution is 0.368. The summed E-state index contributed by atoms with van der Waals surface area (Å²) in [5.41, 5.74) is 38.6. The number of rotatable bonds is 9. The highest BCUT2D eigenvalue weighted by atomic mass is 15.1. The van der Waals surface area contributed by atoms with Gasteiger partial charge < -0.3 is 35.9 Å². The molecule has 0 amide bonds. The monoisotopic (exact) mass is 1770 g/mol. The molecule has 4 aliphatic carbocycles. The molecular formula is C130H94N8. The molecule has 0 unspecified atom stereocenters. The van der Waals surface area contributed by atoms with Crippen LogP contribution in [0, 0.1) is 0 Å². The number of hydrogen-bond donors (Lipinski definition) is 0. The van der Waals surface area contributed by atoms with Crippen LogP contribution in [0.15, 0.2) is 328 Å². The van der Waals surface area contributed by atoms with Gasteiger partial charge in [-0.25, -0.2) is 0 Å².